The molecule has 2 aromatic heterocycles. The van der Waals surface area contributed by atoms with Crippen LogP contribution in [0.1, 0.15) is 48.5 Å². The normalized spacial score (nSPS) is 14.8. The zero-order valence-electron chi connectivity index (χ0n) is 23.4. The first-order chi connectivity index (χ1) is 20.2. The Bertz CT molecular complexity index is 1880. The predicted molar refractivity (Wildman–Crippen MR) is 156 cm³/mol. The van der Waals surface area contributed by atoms with Gasteiger partial charge in [-0.15, -0.1) is 0 Å². The minimum absolute atomic E-state index is 0.166. The van der Waals surface area contributed by atoms with Gasteiger partial charge in [0.25, 0.3) is 5.56 Å². The van der Waals surface area contributed by atoms with Gasteiger partial charge in [0.15, 0.2) is 16.3 Å². The van der Waals surface area contributed by atoms with Gasteiger partial charge in [-0.3, -0.25) is 9.36 Å². The van der Waals surface area contributed by atoms with Crippen molar-refractivity contribution >= 4 is 29.4 Å². The molecule has 5 rings (SSSR count). The summed E-state index contributed by atoms with van der Waals surface area (Å²) in [5, 5.41) is 9.15. The number of carboxylic acid groups (broad SMARTS) is 1. The number of rotatable bonds is 9. The van der Waals surface area contributed by atoms with Gasteiger partial charge in [-0.1, -0.05) is 29.5 Å². The molecule has 1 aliphatic rings. The number of aromatic carboxylic acids is 1. The second-order valence-corrected chi connectivity index (χ2v) is 10.2. The number of esters is 1. The van der Waals surface area contributed by atoms with E-state index in [0.717, 1.165) is 0 Å². The standard InChI is InChI=1S/C31H28N2O8S/c1-5-39-24-15-20(11-13-23(24)38-4)27-26(30(37)40-6-2)17(3)32-31-33(27)28(34)25(42-31)16-21-12-14-22(41-21)18-7-9-19(10-8-18)29(35)36/h7-16,27H,5-6H2,1-4H3,(H,35,36)/b25-16-. The third kappa shape index (κ3) is 5.38. The van der Waals surface area contributed by atoms with Crippen molar-refractivity contribution in [2.75, 3.05) is 20.3 Å². The maximum Gasteiger partial charge on any atom is 0.338 e. The number of nitrogens with zero attached hydrogens (tertiary/aromatic N) is 2. The van der Waals surface area contributed by atoms with E-state index < -0.39 is 18.0 Å². The highest BCUT2D eigenvalue weighted by atomic mass is 32.1. The van der Waals surface area contributed by atoms with Gasteiger partial charge in [-0.05, 0) is 62.7 Å². The third-order valence-electron chi connectivity index (χ3n) is 6.64. The van der Waals surface area contributed by atoms with Crippen LogP contribution in [-0.2, 0) is 9.53 Å². The van der Waals surface area contributed by atoms with Crippen molar-refractivity contribution in [3.05, 3.63) is 102 Å². The molecule has 0 aliphatic carbocycles. The van der Waals surface area contributed by atoms with Crippen molar-refractivity contribution < 1.29 is 33.3 Å². The molecular weight excluding hydrogens is 560 g/mol. The quantitative estimate of drug-likeness (QED) is 0.289. The third-order valence-corrected chi connectivity index (χ3v) is 7.62. The Balaban J connectivity index is 1.62. The number of hydrogen-bond acceptors (Lipinski definition) is 9. The van der Waals surface area contributed by atoms with Crippen LogP contribution in [0, 0.1) is 0 Å². The molecule has 0 saturated carbocycles. The average Bonchev–Trinajstić information content (AvgIpc) is 3.56. The van der Waals surface area contributed by atoms with Crippen molar-refractivity contribution in [1.29, 1.82) is 0 Å². The van der Waals surface area contributed by atoms with E-state index >= 15 is 0 Å². The van der Waals surface area contributed by atoms with Crippen molar-refractivity contribution in [2.24, 2.45) is 4.99 Å². The fourth-order valence-corrected chi connectivity index (χ4v) is 5.76. The number of carbonyl (C=O) groups excluding carboxylic acids is 1. The van der Waals surface area contributed by atoms with Gasteiger partial charge in [0, 0.05) is 11.6 Å². The van der Waals surface area contributed by atoms with Gasteiger partial charge in [0.1, 0.15) is 11.5 Å². The van der Waals surface area contributed by atoms with Gasteiger partial charge in [0.2, 0.25) is 0 Å². The number of carbonyl (C=O) groups is 2. The summed E-state index contributed by atoms with van der Waals surface area (Å²) in [5.41, 5.74) is 1.85. The molecule has 1 unspecified atom stereocenters. The highest BCUT2D eigenvalue weighted by Crippen LogP contribution is 2.36. The first kappa shape index (κ1) is 28.6. The average molecular weight is 589 g/mol. The Morgan fingerprint density at radius 3 is 2.50 bits per heavy atom. The molecule has 0 spiro atoms. The van der Waals surface area contributed by atoms with Gasteiger partial charge >= 0.3 is 11.9 Å². The van der Waals surface area contributed by atoms with Crippen LogP contribution in [0.5, 0.6) is 11.5 Å². The lowest BCUT2D eigenvalue weighted by atomic mass is 9.95. The monoisotopic (exact) mass is 588 g/mol. The number of methoxy groups -OCH3 is 1. The highest BCUT2D eigenvalue weighted by molar-refractivity contribution is 7.07. The lowest BCUT2D eigenvalue weighted by molar-refractivity contribution is -0.139. The van der Waals surface area contributed by atoms with E-state index in [0.29, 0.717) is 55.8 Å². The van der Waals surface area contributed by atoms with Crippen LogP contribution in [0.15, 0.2) is 80.1 Å². The minimum atomic E-state index is -1.01. The number of aromatic nitrogens is 1. The molecule has 1 aliphatic heterocycles. The van der Waals surface area contributed by atoms with E-state index in [4.69, 9.17) is 23.7 Å². The molecule has 2 aromatic carbocycles. The number of hydrogen-bond donors (Lipinski definition) is 1. The second-order valence-electron chi connectivity index (χ2n) is 9.23. The number of fused-ring (bicyclic) bond motifs is 1. The van der Waals surface area contributed by atoms with E-state index in [9.17, 15) is 14.4 Å². The predicted octanol–water partition coefficient (Wildman–Crippen LogP) is 4.16. The summed E-state index contributed by atoms with van der Waals surface area (Å²) in [7, 11) is 1.54. The van der Waals surface area contributed by atoms with Crippen molar-refractivity contribution in [3.8, 4) is 22.8 Å². The molecule has 3 heterocycles. The lowest BCUT2D eigenvalue weighted by Crippen LogP contribution is -2.39. The highest BCUT2D eigenvalue weighted by Gasteiger charge is 2.34. The number of ether oxygens (including phenoxy) is 3. The van der Waals surface area contributed by atoms with E-state index in [-0.39, 0.29) is 23.3 Å². The van der Waals surface area contributed by atoms with E-state index in [1.165, 1.54) is 28.0 Å². The molecule has 0 amide bonds. The van der Waals surface area contributed by atoms with Crippen LogP contribution in [0.3, 0.4) is 0 Å². The fraction of sp³-hybridized carbons (Fsp3) is 0.226. The Labute approximate surface area is 244 Å². The van der Waals surface area contributed by atoms with Crippen LogP contribution in [0.4, 0.5) is 0 Å². The topological polar surface area (TPSA) is 130 Å². The van der Waals surface area contributed by atoms with Crippen molar-refractivity contribution in [1.82, 2.24) is 4.57 Å². The molecular formula is C31H28N2O8S. The number of allylic oxidation sites excluding steroid dienone is 1. The summed E-state index contributed by atoms with van der Waals surface area (Å²) in [6.45, 7) is 5.86. The van der Waals surface area contributed by atoms with Crippen molar-refractivity contribution in [2.45, 2.75) is 26.8 Å². The van der Waals surface area contributed by atoms with Crippen LogP contribution >= 0.6 is 11.3 Å². The molecule has 216 valence electrons. The summed E-state index contributed by atoms with van der Waals surface area (Å²) in [6, 6.07) is 14.3. The Hall–Kier alpha value is -4.90. The van der Waals surface area contributed by atoms with Crippen LogP contribution < -0.4 is 24.4 Å². The van der Waals surface area contributed by atoms with Crippen LogP contribution in [-0.4, -0.2) is 41.9 Å². The summed E-state index contributed by atoms with van der Waals surface area (Å²) in [5.74, 6) is 0.385. The minimum Gasteiger partial charge on any atom is -0.493 e. The zero-order valence-corrected chi connectivity index (χ0v) is 24.2. The summed E-state index contributed by atoms with van der Waals surface area (Å²) in [6.07, 6.45) is 1.62. The maximum absolute atomic E-state index is 13.9. The Kier molecular flexibility index (Phi) is 8.12. The molecule has 11 heteroatoms. The number of furan rings is 1. The Morgan fingerprint density at radius 1 is 1.07 bits per heavy atom. The molecule has 0 fully saturated rings. The SMILES string of the molecule is CCOC(=O)C1=C(C)N=c2s/c(=C\c3ccc(-c4ccc(C(=O)O)cc4)o3)c(=O)n2C1c1ccc(OC)c(OCC)c1. The molecule has 4 aromatic rings. The van der Waals surface area contributed by atoms with Crippen LogP contribution in [0.2, 0.25) is 0 Å². The van der Waals surface area contributed by atoms with Gasteiger partial charge < -0.3 is 23.7 Å². The number of carboxylic acids is 1. The van der Waals surface area contributed by atoms with E-state index in [2.05, 4.69) is 4.99 Å². The molecule has 42 heavy (non-hydrogen) atoms. The van der Waals surface area contributed by atoms with Gasteiger partial charge in [-0.25, -0.2) is 14.6 Å². The fourth-order valence-electron chi connectivity index (χ4n) is 4.73. The number of benzene rings is 2. The van der Waals surface area contributed by atoms with Gasteiger partial charge in [-0.2, -0.15) is 0 Å². The maximum atomic E-state index is 13.9. The van der Waals surface area contributed by atoms with Gasteiger partial charge in [0.05, 0.1) is 47.7 Å². The second kappa shape index (κ2) is 11.9. The Morgan fingerprint density at radius 2 is 1.83 bits per heavy atom. The molecule has 0 saturated heterocycles. The lowest BCUT2D eigenvalue weighted by Gasteiger charge is -2.25. The largest absolute Gasteiger partial charge is 0.493 e. The smallest absolute Gasteiger partial charge is 0.338 e. The molecule has 0 bridgehead atoms. The summed E-state index contributed by atoms with van der Waals surface area (Å²) in [4.78, 5) is 43.3. The number of thiazole rings is 1. The van der Waals surface area contributed by atoms with E-state index in [1.807, 2.05) is 6.92 Å². The van der Waals surface area contributed by atoms with Crippen LogP contribution in [0.25, 0.3) is 17.4 Å². The first-order valence-corrected chi connectivity index (χ1v) is 14.0. The molecule has 1 N–H and O–H groups in total. The van der Waals surface area contributed by atoms with E-state index in [1.54, 1.807) is 69.5 Å². The first-order valence-electron chi connectivity index (χ1n) is 13.2. The van der Waals surface area contributed by atoms with Crippen molar-refractivity contribution in [3.63, 3.8) is 0 Å². The summed E-state index contributed by atoms with van der Waals surface area (Å²) >= 11 is 1.18. The summed E-state index contributed by atoms with van der Waals surface area (Å²) < 4.78 is 24.4. The zero-order chi connectivity index (χ0) is 30.0. The molecule has 10 nitrogen and oxygen atoms in total. The molecule has 1 atom stereocenters. The molecule has 0 radical (unpaired) electrons.